The SMILES string of the molecule is Clc1cccc(SCC[NH2+]Cc2ccccc2)n1.[Cl-]. The molecule has 0 amide bonds. The molecule has 5 heteroatoms. The van der Waals surface area contributed by atoms with Crippen LogP contribution in [0.3, 0.4) is 0 Å². The maximum Gasteiger partial charge on any atom is 0.130 e. The summed E-state index contributed by atoms with van der Waals surface area (Å²) in [6.07, 6.45) is 0. The molecule has 1 aromatic carbocycles. The van der Waals surface area contributed by atoms with Crippen molar-refractivity contribution >= 4 is 23.4 Å². The Balaban J connectivity index is 0.00000180. The Bertz CT molecular complexity index is 480. The molecule has 2 aromatic rings. The minimum atomic E-state index is 0. The minimum Gasteiger partial charge on any atom is -1.00 e. The van der Waals surface area contributed by atoms with Crippen LogP contribution in [0.2, 0.25) is 5.15 Å². The summed E-state index contributed by atoms with van der Waals surface area (Å²) in [5, 5.41) is 3.87. The molecule has 0 unspecified atom stereocenters. The van der Waals surface area contributed by atoms with E-state index in [9.17, 15) is 0 Å². The van der Waals surface area contributed by atoms with Crippen molar-refractivity contribution in [2.75, 3.05) is 12.3 Å². The van der Waals surface area contributed by atoms with E-state index in [2.05, 4.69) is 34.6 Å². The van der Waals surface area contributed by atoms with E-state index in [1.54, 1.807) is 17.8 Å². The third-order valence-electron chi connectivity index (χ3n) is 2.48. The molecule has 2 nitrogen and oxygen atoms in total. The Morgan fingerprint density at radius 2 is 1.84 bits per heavy atom. The first-order chi connectivity index (χ1) is 8.84. The zero-order valence-corrected chi connectivity index (χ0v) is 12.8. The number of quaternary nitrogens is 1. The largest absolute Gasteiger partial charge is 1.00 e. The first-order valence-electron chi connectivity index (χ1n) is 5.95. The number of nitrogens with zero attached hydrogens (tertiary/aromatic N) is 1. The second-order valence-electron chi connectivity index (χ2n) is 3.91. The van der Waals surface area contributed by atoms with Crippen molar-refractivity contribution in [1.29, 1.82) is 0 Å². The molecule has 2 N–H and O–H groups in total. The summed E-state index contributed by atoms with van der Waals surface area (Å²) in [7, 11) is 0. The fourth-order valence-corrected chi connectivity index (χ4v) is 2.64. The molecule has 0 fully saturated rings. The molecule has 0 radical (unpaired) electrons. The Morgan fingerprint density at radius 3 is 2.58 bits per heavy atom. The van der Waals surface area contributed by atoms with Gasteiger partial charge in [-0.15, -0.1) is 11.8 Å². The predicted octanol–water partition coefficient (Wildman–Crippen LogP) is -0.405. The van der Waals surface area contributed by atoms with Gasteiger partial charge in [-0.05, 0) is 12.1 Å². The number of halogens is 2. The second-order valence-corrected chi connectivity index (χ2v) is 5.42. The van der Waals surface area contributed by atoms with E-state index < -0.39 is 0 Å². The summed E-state index contributed by atoms with van der Waals surface area (Å²) in [5.74, 6) is 1.04. The van der Waals surface area contributed by atoms with Gasteiger partial charge in [0.1, 0.15) is 11.7 Å². The molecule has 1 aromatic heterocycles. The summed E-state index contributed by atoms with van der Waals surface area (Å²) >= 11 is 7.58. The topological polar surface area (TPSA) is 29.5 Å². The van der Waals surface area contributed by atoms with Crippen molar-refractivity contribution in [3.63, 3.8) is 0 Å². The zero-order chi connectivity index (χ0) is 12.6. The maximum atomic E-state index is 5.83. The summed E-state index contributed by atoms with van der Waals surface area (Å²) in [4.78, 5) is 4.24. The molecule has 2 rings (SSSR count). The highest BCUT2D eigenvalue weighted by atomic mass is 35.5. The Labute approximate surface area is 129 Å². The molecule has 0 saturated heterocycles. The number of pyridine rings is 1. The first-order valence-corrected chi connectivity index (χ1v) is 7.32. The highest BCUT2D eigenvalue weighted by Gasteiger charge is 1.98. The van der Waals surface area contributed by atoms with Gasteiger partial charge in [-0.3, -0.25) is 0 Å². The van der Waals surface area contributed by atoms with Crippen LogP contribution in [0.5, 0.6) is 0 Å². The molecule has 0 atom stereocenters. The number of hydrogen-bond acceptors (Lipinski definition) is 2. The maximum absolute atomic E-state index is 5.83. The lowest BCUT2D eigenvalue weighted by Crippen LogP contribution is -3.00. The summed E-state index contributed by atoms with van der Waals surface area (Å²) in [5.41, 5.74) is 1.36. The quantitative estimate of drug-likeness (QED) is 0.446. The van der Waals surface area contributed by atoms with Gasteiger partial charge < -0.3 is 17.7 Å². The van der Waals surface area contributed by atoms with Crippen molar-refractivity contribution in [3.8, 4) is 0 Å². The van der Waals surface area contributed by atoms with E-state index in [0.717, 1.165) is 23.9 Å². The van der Waals surface area contributed by atoms with Crippen LogP contribution in [0.25, 0.3) is 0 Å². The van der Waals surface area contributed by atoms with Gasteiger partial charge in [0, 0.05) is 11.3 Å². The third kappa shape index (κ3) is 6.30. The van der Waals surface area contributed by atoms with Crippen molar-refractivity contribution < 1.29 is 17.7 Å². The molecule has 0 spiro atoms. The smallest absolute Gasteiger partial charge is 0.130 e. The van der Waals surface area contributed by atoms with Crippen LogP contribution in [0.4, 0.5) is 0 Å². The lowest BCUT2D eigenvalue weighted by molar-refractivity contribution is -0.666. The number of thioether (sulfide) groups is 1. The average molecular weight is 315 g/mol. The number of rotatable bonds is 6. The number of hydrogen-bond donors (Lipinski definition) is 1. The summed E-state index contributed by atoms with van der Waals surface area (Å²) < 4.78 is 0. The van der Waals surface area contributed by atoms with Crippen LogP contribution in [0.15, 0.2) is 53.6 Å². The van der Waals surface area contributed by atoms with Gasteiger partial charge in [0.2, 0.25) is 0 Å². The van der Waals surface area contributed by atoms with Crippen LogP contribution >= 0.6 is 23.4 Å². The van der Waals surface area contributed by atoms with Crippen molar-refractivity contribution in [3.05, 3.63) is 59.2 Å². The van der Waals surface area contributed by atoms with E-state index >= 15 is 0 Å². The van der Waals surface area contributed by atoms with Crippen molar-refractivity contribution in [2.45, 2.75) is 11.6 Å². The van der Waals surface area contributed by atoms with Crippen molar-refractivity contribution in [2.24, 2.45) is 0 Å². The van der Waals surface area contributed by atoms with Crippen LogP contribution in [-0.2, 0) is 6.54 Å². The normalized spacial score (nSPS) is 9.95. The van der Waals surface area contributed by atoms with Gasteiger partial charge in [0.05, 0.1) is 11.6 Å². The molecule has 1 heterocycles. The highest BCUT2D eigenvalue weighted by Crippen LogP contribution is 2.16. The van der Waals surface area contributed by atoms with Crippen LogP contribution in [0.1, 0.15) is 5.56 Å². The monoisotopic (exact) mass is 314 g/mol. The van der Waals surface area contributed by atoms with Gasteiger partial charge in [-0.1, -0.05) is 48.0 Å². The van der Waals surface area contributed by atoms with Crippen LogP contribution in [0, 0.1) is 0 Å². The van der Waals surface area contributed by atoms with Gasteiger partial charge in [0.15, 0.2) is 0 Å². The summed E-state index contributed by atoms with van der Waals surface area (Å²) in [6.45, 7) is 2.11. The molecule has 102 valence electrons. The van der Waals surface area contributed by atoms with Gasteiger partial charge in [-0.2, -0.15) is 0 Å². The number of benzene rings is 1. The molecule has 0 saturated carbocycles. The van der Waals surface area contributed by atoms with Crippen LogP contribution < -0.4 is 17.7 Å². The predicted molar refractivity (Wildman–Crippen MR) is 76.9 cm³/mol. The second kappa shape index (κ2) is 9.21. The molecule has 0 aliphatic heterocycles. The summed E-state index contributed by atoms with van der Waals surface area (Å²) in [6, 6.07) is 16.2. The standard InChI is InChI=1S/C14H15ClN2S.ClH/c15-13-7-4-8-14(17-13)18-10-9-16-11-12-5-2-1-3-6-12;/h1-8,16H,9-11H2;1H. The molecule has 19 heavy (non-hydrogen) atoms. The van der Waals surface area contributed by atoms with Gasteiger partial charge in [-0.25, -0.2) is 4.98 Å². The molecule has 0 bridgehead atoms. The molecular formula is C14H16Cl2N2S. The fraction of sp³-hybridized carbons (Fsp3) is 0.214. The average Bonchev–Trinajstić information content (AvgIpc) is 2.40. The molecule has 0 aliphatic carbocycles. The van der Waals surface area contributed by atoms with E-state index in [-0.39, 0.29) is 12.4 Å². The fourth-order valence-electron chi connectivity index (χ4n) is 1.60. The number of nitrogens with two attached hydrogens (primary N) is 1. The zero-order valence-electron chi connectivity index (χ0n) is 10.4. The Hall–Kier alpha value is -0.740. The van der Waals surface area contributed by atoms with E-state index in [0.29, 0.717) is 5.15 Å². The van der Waals surface area contributed by atoms with Crippen molar-refractivity contribution in [1.82, 2.24) is 4.98 Å². The van der Waals surface area contributed by atoms with Crippen LogP contribution in [-0.4, -0.2) is 17.3 Å². The van der Waals surface area contributed by atoms with E-state index in [1.165, 1.54) is 5.56 Å². The van der Waals surface area contributed by atoms with Gasteiger partial charge >= 0.3 is 0 Å². The minimum absolute atomic E-state index is 0. The Morgan fingerprint density at radius 1 is 1.05 bits per heavy atom. The third-order valence-corrected chi connectivity index (χ3v) is 3.66. The molecule has 0 aliphatic rings. The molecular weight excluding hydrogens is 299 g/mol. The number of aromatic nitrogens is 1. The van der Waals surface area contributed by atoms with E-state index in [1.807, 2.05) is 18.2 Å². The lowest BCUT2D eigenvalue weighted by atomic mass is 10.2. The highest BCUT2D eigenvalue weighted by molar-refractivity contribution is 7.99. The Kier molecular flexibility index (Phi) is 7.91. The van der Waals surface area contributed by atoms with E-state index in [4.69, 9.17) is 11.6 Å². The lowest BCUT2D eigenvalue weighted by Gasteiger charge is -2.02. The van der Waals surface area contributed by atoms with Gasteiger partial charge in [0.25, 0.3) is 0 Å². The first kappa shape index (κ1) is 16.3.